The van der Waals surface area contributed by atoms with E-state index in [9.17, 15) is 0 Å². The second-order valence-electron chi connectivity index (χ2n) is 4.85. The molecule has 4 nitrogen and oxygen atoms in total. The quantitative estimate of drug-likeness (QED) is 0.863. The number of anilines is 1. The van der Waals surface area contributed by atoms with Crippen LogP contribution in [0.1, 0.15) is 25.8 Å². The Kier molecular flexibility index (Phi) is 4.55. The van der Waals surface area contributed by atoms with Crippen LogP contribution in [0.5, 0.6) is 0 Å². The number of pyridine rings is 1. The molecule has 4 heteroatoms. The Hall–Kier alpha value is -1.13. The van der Waals surface area contributed by atoms with E-state index in [1.54, 1.807) is 0 Å². The van der Waals surface area contributed by atoms with E-state index >= 15 is 0 Å². The molecular weight excluding hydrogens is 226 g/mol. The van der Waals surface area contributed by atoms with Crippen molar-refractivity contribution in [1.29, 1.82) is 0 Å². The summed E-state index contributed by atoms with van der Waals surface area (Å²) in [5.41, 5.74) is 1.28. The Labute approximate surface area is 109 Å². The predicted molar refractivity (Wildman–Crippen MR) is 73.8 cm³/mol. The minimum atomic E-state index is 0.286. The molecule has 18 heavy (non-hydrogen) atoms. The molecule has 0 aromatic carbocycles. The highest BCUT2D eigenvalue weighted by Gasteiger charge is 2.28. The summed E-state index contributed by atoms with van der Waals surface area (Å²) < 4.78 is 5.62. The molecule has 2 atom stereocenters. The Morgan fingerprint density at radius 3 is 3.06 bits per heavy atom. The number of aromatic nitrogens is 1. The first kappa shape index (κ1) is 13.3. The largest absolute Gasteiger partial charge is 0.376 e. The molecule has 2 rings (SSSR count). The van der Waals surface area contributed by atoms with Gasteiger partial charge in [0.1, 0.15) is 5.82 Å². The lowest BCUT2D eigenvalue weighted by Gasteiger charge is -2.28. The van der Waals surface area contributed by atoms with Crippen molar-refractivity contribution in [1.82, 2.24) is 10.3 Å². The Morgan fingerprint density at radius 2 is 2.39 bits per heavy atom. The average Bonchev–Trinajstić information content (AvgIpc) is 2.82. The summed E-state index contributed by atoms with van der Waals surface area (Å²) in [6, 6.07) is 4.66. The molecule has 1 aromatic rings. The normalized spacial score (nSPS) is 23.3. The highest BCUT2D eigenvalue weighted by molar-refractivity contribution is 5.41. The van der Waals surface area contributed by atoms with E-state index in [0.717, 1.165) is 31.9 Å². The van der Waals surface area contributed by atoms with Gasteiger partial charge < -0.3 is 15.0 Å². The number of likely N-dealkylation sites (N-methyl/N-ethyl adjacent to an activating group) is 1. The van der Waals surface area contributed by atoms with Gasteiger partial charge in [0.15, 0.2) is 0 Å². The lowest BCUT2D eigenvalue weighted by Crippen LogP contribution is -2.37. The molecular formula is C14H23N3O. The molecule has 2 unspecified atom stereocenters. The number of rotatable bonds is 5. The Bertz CT molecular complexity index is 383. The van der Waals surface area contributed by atoms with Crippen LogP contribution in [-0.2, 0) is 11.3 Å². The van der Waals surface area contributed by atoms with E-state index in [1.165, 1.54) is 5.56 Å². The number of hydrogen-bond acceptors (Lipinski definition) is 4. The van der Waals surface area contributed by atoms with Crippen LogP contribution in [0.25, 0.3) is 0 Å². The maximum absolute atomic E-state index is 5.62. The van der Waals surface area contributed by atoms with Gasteiger partial charge in [-0.1, -0.05) is 6.92 Å². The van der Waals surface area contributed by atoms with Crippen molar-refractivity contribution < 1.29 is 4.74 Å². The van der Waals surface area contributed by atoms with Gasteiger partial charge in [0.25, 0.3) is 0 Å². The van der Waals surface area contributed by atoms with Gasteiger partial charge in [-0.15, -0.1) is 0 Å². The smallest absolute Gasteiger partial charge is 0.128 e. The summed E-state index contributed by atoms with van der Waals surface area (Å²) in [7, 11) is 2.11. The molecule has 2 heterocycles. The maximum atomic E-state index is 5.62. The fourth-order valence-electron chi connectivity index (χ4n) is 2.43. The maximum Gasteiger partial charge on any atom is 0.128 e. The van der Waals surface area contributed by atoms with Crippen LogP contribution in [0.3, 0.4) is 0 Å². The van der Waals surface area contributed by atoms with Gasteiger partial charge in [0.05, 0.1) is 12.1 Å². The van der Waals surface area contributed by atoms with Gasteiger partial charge in [-0.3, -0.25) is 0 Å². The molecule has 100 valence electrons. The molecule has 0 bridgehead atoms. The molecule has 1 aliphatic rings. The standard InChI is InChI=1S/C14H23N3O/c1-4-15-10-12-5-7-16-14(9-12)17(3)13-6-8-18-11(13)2/h5,7,9,11,13,15H,4,6,8,10H2,1-3H3. The SMILES string of the molecule is CCNCc1ccnc(N(C)C2CCOC2C)c1. The summed E-state index contributed by atoms with van der Waals surface area (Å²) >= 11 is 0. The van der Waals surface area contributed by atoms with Gasteiger partial charge >= 0.3 is 0 Å². The van der Waals surface area contributed by atoms with E-state index in [1.807, 2.05) is 6.20 Å². The van der Waals surface area contributed by atoms with Gasteiger partial charge in [0, 0.05) is 26.4 Å². The summed E-state index contributed by atoms with van der Waals surface area (Å²) in [6.45, 7) is 6.99. The van der Waals surface area contributed by atoms with Crippen molar-refractivity contribution in [3.63, 3.8) is 0 Å². The molecule has 1 fully saturated rings. The zero-order valence-electron chi connectivity index (χ0n) is 11.5. The first-order valence-electron chi connectivity index (χ1n) is 6.72. The lowest BCUT2D eigenvalue weighted by atomic mass is 10.1. The highest BCUT2D eigenvalue weighted by Crippen LogP contribution is 2.23. The highest BCUT2D eigenvalue weighted by atomic mass is 16.5. The number of hydrogen-bond donors (Lipinski definition) is 1. The summed E-state index contributed by atoms with van der Waals surface area (Å²) in [5.74, 6) is 1.03. The fraction of sp³-hybridized carbons (Fsp3) is 0.643. The van der Waals surface area contributed by atoms with Crippen LogP contribution in [0.2, 0.25) is 0 Å². The van der Waals surface area contributed by atoms with Crippen LogP contribution >= 0.6 is 0 Å². The van der Waals surface area contributed by atoms with Gasteiger partial charge in [-0.2, -0.15) is 0 Å². The predicted octanol–water partition coefficient (Wildman–Crippen LogP) is 1.80. The van der Waals surface area contributed by atoms with Crippen molar-refractivity contribution in [3.8, 4) is 0 Å². The second-order valence-corrected chi connectivity index (χ2v) is 4.85. The zero-order valence-corrected chi connectivity index (χ0v) is 11.5. The average molecular weight is 249 g/mol. The number of nitrogens with one attached hydrogen (secondary N) is 1. The van der Waals surface area contributed by atoms with Crippen LogP contribution in [-0.4, -0.2) is 37.3 Å². The third kappa shape index (κ3) is 3.00. The van der Waals surface area contributed by atoms with E-state index in [0.29, 0.717) is 6.04 Å². The van der Waals surface area contributed by atoms with Gasteiger partial charge in [-0.05, 0) is 37.6 Å². The molecule has 0 saturated carbocycles. The summed E-state index contributed by atoms with van der Waals surface area (Å²) in [4.78, 5) is 6.71. The zero-order chi connectivity index (χ0) is 13.0. The lowest BCUT2D eigenvalue weighted by molar-refractivity contribution is 0.118. The van der Waals surface area contributed by atoms with E-state index < -0.39 is 0 Å². The van der Waals surface area contributed by atoms with Gasteiger partial charge in [-0.25, -0.2) is 4.98 Å². The van der Waals surface area contributed by atoms with Crippen molar-refractivity contribution >= 4 is 5.82 Å². The summed E-state index contributed by atoms with van der Waals surface area (Å²) in [5, 5.41) is 3.34. The van der Waals surface area contributed by atoms with E-state index in [2.05, 4.69) is 48.2 Å². The molecule has 0 amide bonds. The molecule has 0 aliphatic carbocycles. The van der Waals surface area contributed by atoms with E-state index in [4.69, 9.17) is 4.74 Å². The molecule has 1 saturated heterocycles. The molecule has 0 spiro atoms. The van der Waals surface area contributed by atoms with Crippen molar-refractivity contribution in [3.05, 3.63) is 23.9 Å². The molecule has 0 radical (unpaired) electrons. The van der Waals surface area contributed by atoms with Crippen molar-refractivity contribution in [2.24, 2.45) is 0 Å². The molecule has 1 aromatic heterocycles. The van der Waals surface area contributed by atoms with Crippen LogP contribution in [0.15, 0.2) is 18.3 Å². The Balaban J connectivity index is 2.07. The minimum absolute atomic E-state index is 0.286. The van der Waals surface area contributed by atoms with Gasteiger partial charge in [0.2, 0.25) is 0 Å². The first-order chi connectivity index (χ1) is 8.72. The minimum Gasteiger partial charge on any atom is -0.376 e. The first-order valence-corrected chi connectivity index (χ1v) is 6.72. The number of nitrogens with zero attached hydrogens (tertiary/aromatic N) is 2. The monoisotopic (exact) mass is 249 g/mol. The third-order valence-electron chi connectivity index (χ3n) is 3.58. The molecule has 1 aliphatic heterocycles. The van der Waals surface area contributed by atoms with Crippen molar-refractivity contribution in [2.45, 2.75) is 39.0 Å². The topological polar surface area (TPSA) is 37.4 Å². The van der Waals surface area contributed by atoms with Crippen LogP contribution in [0.4, 0.5) is 5.82 Å². The third-order valence-corrected chi connectivity index (χ3v) is 3.58. The van der Waals surface area contributed by atoms with Crippen molar-refractivity contribution in [2.75, 3.05) is 25.1 Å². The fourth-order valence-corrected chi connectivity index (χ4v) is 2.43. The van der Waals surface area contributed by atoms with Crippen LogP contribution < -0.4 is 10.2 Å². The summed E-state index contributed by atoms with van der Waals surface area (Å²) in [6.07, 6.45) is 3.25. The second kappa shape index (κ2) is 6.16. The van der Waals surface area contributed by atoms with E-state index in [-0.39, 0.29) is 6.10 Å². The molecule has 1 N–H and O–H groups in total. The Morgan fingerprint density at radius 1 is 1.56 bits per heavy atom. The number of ether oxygens (including phenoxy) is 1. The van der Waals surface area contributed by atoms with Crippen LogP contribution in [0, 0.1) is 0 Å².